The minimum Gasteiger partial charge on any atom is -0.330 e. The van der Waals surface area contributed by atoms with Gasteiger partial charge in [-0.1, -0.05) is 27.4 Å². The summed E-state index contributed by atoms with van der Waals surface area (Å²) in [4.78, 5) is 10.8. The second-order valence-electron chi connectivity index (χ2n) is 2.53. The van der Waals surface area contributed by atoms with E-state index in [1.54, 1.807) is 0 Å². The summed E-state index contributed by atoms with van der Waals surface area (Å²) >= 11 is 0. The third-order valence-electron chi connectivity index (χ3n) is 1.63. The van der Waals surface area contributed by atoms with E-state index >= 15 is 0 Å². The van der Waals surface area contributed by atoms with Gasteiger partial charge < -0.3 is 5.32 Å². The number of hydrogen-bond acceptors (Lipinski definition) is 1. The maximum Gasteiger partial charge on any atom is 0.226 e. The molecule has 0 aromatic rings. The molecule has 0 saturated carbocycles. The molecule has 0 aliphatic carbocycles. The van der Waals surface area contributed by atoms with Crippen LogP contribution in [0.1, 0.15) is 35.0 Å². The van der Waals surface area contributed by atoms with Crippen molar-refractivity contribution in [1.29, 1.82) is 0 Å². The van der Waals surface area contributed by atoms with E-state index < -0.39 is 0 Å². The van der Waals surface area contributed by atoms with Crippen molar-refractivity contribution in [3.8, 4) is 0 Å². The first-order chi connectivity index (χ1) is 5.20. The topological polar surface area (TPSA) is 29.1 Å². The normalized spacial score (nSPS) is 23.4. The SMILES string of the molecule is C=C1CCC(C)C(=O)N1.CC.[HH]. The average Bonchev–Trinajstić information content (AvgIpc) is 2.02. The van der Waals surface area contributed by atoms with Gasteiger partial charge in [0.1, 0.15) is 0 Å². The van der Waals surface area contributed by atoms with Crippen molar-refractivity contribution >= 4 is 5.91 Å². The minimum absolute atomic E-state index is 0. The minimum atomic E-state index is 0. The number of allylic oxidation sites excluding steroid dienone is 1. The highest BCUT2D eigenvalue weighted by Crippen LogP contribution is 2.14. The molecule has 11 heavy (non-hydrogen) atoms. The molecule has 1 N–H and O–H groups in total. The first kappa shape index (κ1) is 10.2. The molecule has 0 aromatic heterocycles. The van der Waals surface area contributed by atoms with E-state index in [2.05, 4.69) is 11.9 Å². The Bertz CT molecular complexity index is 157. The molecule has 2 heteroatoms. The largest absolute Gasteiger partial charge is 0.330 e. The number of carbonyl (C=O) groups excluding carboxylic acids is 1. The molecule has 0 bridgehead atoms. The van der Waals surface area contributed by atoms with E-state index in [-0.39, 0.29) is 13.3 Å². The smallest absolute Gasteiger partial charge is 0.226 e. The Labute approximate surface area is 70.2 Å². The zero-order valence-corrected chi connectivity index (χ0v) is 7.61. The number of amides is 1. The van der Waals surface area contributed by atoms with Crippen LogP contribution in [0, 0.1) is 5.92 Å². The molecule has 1 amide bonds. The lowest BCUT2D eigenvalue weighted by atomic mass is 9.99. The Morgan fingerprint density at radius 2 is 2.18 bits per heavy atom. The zero-order valence-electron chi connectivity index (χ0n) is 7.61. The van der Waals surface area contributed by atoms with Gasteiger partial charge in [0.15, 0.2) is 0 Å². The number of rotatable bonds is 0. The first-order valence-electron chi connectivity index (χ1n) is 4.19. The van der Waals surface area contributed by atoms with Crippen LogP contribution in [-0.2, 0) is 4.79 Å². The van der Waals surface area contributed by atoms with Crippen molar-refractivity contribution in [2.75, 3.05) is 0 Å². The maximum absolute atomic E-state index is 10.8. The van der Waals surface area contributed by atoms with Gasteiger partial charge in [-0.25, -0.2) is 0 Å². The summed E-state index contributed by atoms with van der Waals surface area (Å²) in [6, 6.07) is 0. The van der Waals surface area contributed by atoms with E-state index in [4.69, 9.17) is 0 Å². The molecule has 66 valence electrons. The van der Waals surface area contributed by atoms with E-state index in [1.165, 1.54) is 0 Å². The third-order valence-corrected chi connectivity index (χ3v) is 1.63. The zero-order chi connectivity index (χ0) is 8.85. The Morgan fingerprint density at radius 3 is 2.55 bits per heavy atom. The monoisotopic (exact) mass is 157 g/mol. The molecule has 0 aromatic carbocycles. The summed E-state index contributed by atoms with van der Waals surface area (Å²) in [5.74, 6) is 0.293. The van der Waals surface area contributed by atoms with Gasteiger partial charge in [-0.2, -0.15) is 0 Å². The summed E-state index contributed by atoms with van der Waals surface area (Å²) in [5, 5.41) is 2.70. The Kier molecular flexibility index (Phi) is 4.59. The van der Waals surface area contributed by atoms with Gasteiger partial charge >= 0.3 is 0 Å². The standard InChI is InChI=1S/C7H11NO.C2H6.H2/c1-5-3-4-6(2)8-7(5)9;1-2;/h5H,2-4H2,1H3,(H,8,9);1-2H3;1H. The van der Waals surface area contributed by atoms with Crippen molar-refractivity contribution in [2.45, 2.75) is 33.6 Å². The van der Waals surface area contributed by atoms with Crippen molar-refractivity contribution in [3.63, 3.8) is 0 Å². The van der Waals surface area contributed by atoms with E-state index in [0.29, 0.717) is 0 Å². The fourth-order valence-corrected chi connectivity index (χ4v) is 0.882. The number of nitrogens with one attached hydrogen (secondary N) is 1. The summed E-state index contributed by atoms with van der Waals surface area (Å²) in [5.41, 5.74) is 0.859. The molecule has 1 fully saturated rings. The van der Waals surface area contributed by atoms with Crippen LogP contribution in [0.4, 0.5) is 0 Å². The second kappa shape index (κ2) is 4.94. The fraction of sp³-hybridized carbons (Fsp3) is 0.667. The number of hydrogen-bond donors (Lipinski definition) is 1. The van der Waals surface area contributed by atoms with Crippen LogP contribution in [0.3, 0.4) is 0 Å². The van der Waals surface area contributed by atoms with Crippen LogP contribution in [0.2, 0.25) is 0 Å². The maximum atomic E-state index is 10.8. The molecular weight excluding hydrogens is 138 g/mol. The Hall–Kier alpha value is -0.790. The molecular formula is C9H19NO. The van der Waals surface area contributed by atoms with E-state index in [0.717, 1.165) is 18.5 Å². The molecule has 1 aliphatic heterocycles. The van der Waals surface area contributed by atoms with Crippen molar-refractivity contribution in [2.24, 2.45) is 5.92 Å². The predicted octanol–water partition coefficient (Wildman–Crippen LogP) is 2.32. The van der Waals surface area contributed by atoms with Gasteiger partial charge in [0.2, 0.25) is 5.91 Å². The van der Waals surface area contributed by atoms with Gasteiger partial charge in [0, 0.05) is 13.0 Å². The number of piperidine rings is 1. The van der Waals surface area contributed by atoms with Crippen LogP contribution in [0.15, 0.2) is 12.3 Å². The predicted molar refractivity (Wildman–Crippen MR) is 49.1 cm³/mol. The summed E-state index contributed by atoms with van der Waals surface area (Å²) in [7, 11) is 0. The van der Waals surface area contributed by atoms with E-state index in [9.17, 15) is 4.79 Å². The molecule has 2 nitrogen and oxygen atoms in total. The number of carbonyl (C=O) groups is 1. The van der Waals surface area contributed by atoms with Gasteiger partial charge in [-0.05, 0) is 12.8 Å². The molecule has 1 atom stereocenters. The Balaban J connectivity index is 0. The van der Waals surface area contributed by atoms with Gasteiger partial charge in [-0.3, -0.25) is 4.79 Å². The lowest BCUT2D eigenvalue weighted by Gasteiger charge is -2.19. The molecule has 1 aliphatic rings. The van der Waals surface area contributed by atoms with Gasteiger partial charge in [-0.15, -0.1) is 0 Å². The highest BCUT2D eigenvalue weighted by atomic mass is 16.1. The van der Waals surface area contributed by atoms with Gasteiger partial charge in [0.25, 0.3) is 0 Å². The second-order valence-corrected chi connectivity index (χ2v) is 2.53. The lowest BCUT2D eigenvalue weighted by molar-refractivity contribution is -0.124. The van der Waals surface area contributed by atoms with E-state index in [1.807, 2.05) is 20.8 Å². The van der Waals surface area contributed by atoms with Crippen LogP contribution < -0.4 is 5.32 Å². The molecule has 0 radical (unpaired) electrons. The molecule has 1 heterocycles. The molecule has 1 saturated heterocycles. The van der Waals surface area contributed by atoms with Crippen LogP contribution >= 0.6 is 0 Å². The highest BCUT2D eigenvalue weighted by molar-refractivity contribution is 5.80. The highest BCUT2D eigenvalue weighted by Gasteiger charge is 2.18. The summed E-state index contributed by atoms with van der Waals surface area (Å²) in [6.07, 6.45) is 1.89. The molecule has 1 rings (SSSR count). The summed E-state index contributed by atoms with van der Waals surface area (Å²) in [6.45, 7) is 9.60. The quantitative estimate of drug-likeness (QED) is 0.574. The summed E-state index contributed by atoms with van der Waals surface area (Å²) < 4.78 is 0. The van der Waals surface area contributed by atoms with Crippen molar-refractivity contribution < 1.29 is 6.22 Å². The van der Waals surface area contributed by atoms with Crippen LogP contribution in [0.5, 0.6) is 0 Å². The third kappa shape index (κ3) is 3.21. The average molecular weight is 157 g/mol. The van der Waals surface area contributed by atoms with Crippen LogP contribution in [0.25, 0.3) is 0 Å². The molecule has 0 spiro atoms. The van der Waals surface area contributed by atoms with Crippen molar-refractivity contribution in [1.82, 2.24) is 5.32 Å². The van der Waals surface area contributed by atoms with Gasteiger partial charge in [0.05, 0.1) is 0 Å². The molecule has 1 unspecified atom stereocenters. The van der Waals surface area contributed by atoms with Crippen LogP contribution in [-0.4, -0.2) is 5.91 Å². The fourth-order valence-electron chi connectivity index (χ4n) is 0.882. The Morgan fingerprint density at radius 1 is 1.64 bits per heavy atom. The van der Waals surface area contributed by atoms with Crippen molar-refractivity contribution in [3.05, 3.63) is 12.3 Å². The lowest BCUT2D eigenvalue weighted by Crippen LogP contribution is -2.32. The first-order valence-corrected chi connectivity index (χ1v) is 4.19.